The van der Waals surface area contributed by atoms with Crippen LogP contribution < -0.4 is 5.32 Å². The third-order valence-corrected chi connectivity index (χ3v) is 7.72. The molecule has 0 aromatic carbocycles. The number of likely N-dealkylation sites (N-methyl/N-ethyl adjacent to an activating group) is 1. The second-order valence-corrected chi connectivity index (χ2v) is 11.3. The van der Waals surface area contributed by atoms with Crippen molar-refractivity contribution in [2.75, 3.05) is 13.6 Å². The van der Waals surface area contributed by atoms with Gasteiger partial charge in [-0.1, -0.05) is 123 Å². The molecule has 2 atom stereocenters. The van der Waals surface area contributed by atoms with Crippen LogP contribution in [0.25, 0.3) is 0 Å². The van der Waals surface area contributed by atoms with Gasteiger partial charge >= 0.3 is 0 Å². The van der Waals surface area contributed by atoms with E-state index in [9.17, 15) is 0 Å². The van der Waals surface area contributed by atoms with E-state index in [4.69, 9.17) is 9.98 Å². The van der Waals surface area contributed by atoms with Gasteiger partial charge in [0.25, 0.3) is 0 Å². The highest BCUT2D eigenvalue weighted by Gasteiger charge is 2.17. The fraction of sp³-hybridized carbons (Fsp3) is 0.341. The van der Waals surface area contributed by atoms with Gasteiger partial charge in [0.2, 0.25) is 0 Å². The van der Waals surface area contributed by atoms with Crippen molar-refractivity contribution in [1.82, 2.24) is 5.32 Å². The van der Waals surface area contributed by atoms with Crippen LogP contribution in [-0.4, -0.2) is 31.5 Å². The highest BCUT2D eigenvalue weighted by molar-refractivity contribution is 6.06. The Morgan fingerprint density at radius 1 is 1.07 bits per heavy atom. The predicted octanol–water partition coefficient (Wildman–Crippen LogP) is 10.5. The lowest BCUT2D eigenvalue weighted by atomic mass is 9.83. The summed E-state index contributed by atoms with van der Waals surface area (Å²) in [5.74, 6) is 2.42. The Bertz CT molecular complexity index is 1440. The first kappa shape index (κ1) is 36.9. The summed E-state index contributed by atoms with van der Waals surface area (Å²) in [6.45, 7) is 21.4. The number of nitrogens with zero attached hydrogens (tertiary/aromatic N) is 3. The zero-order chi connectivity index (χ0) is 33.0. The lowest BCUT2D eigenvalue weighted by Gasteiger charge is -2.22. The number of rotatable bonds is 15. The van der Waals surface area contributed by atoms with E-state index in [1.165, 1.54) is 16.7 Å². The zero-order valence-electron chi connectivity index (χ0n) is 28.7. The number of aliphatic imine (C=N–C) groups is 3. The maximum absolute atomic E-state index is 5.06. The summed E-state index contributed by atoms with van der Waals surface area (Å²) < 4.78 is 0. The molecule has 2 aliphatic rings. The summed E-state index contributed by atoms with van der Waals surface area (Å²) in [5.41, 5.74) is 7.98. The summed E-state index contributed by atoms with van der Waals surface area (Å²) in [6.07, 6.45) is 37.1. The molecular formula is C41H54N4. The van der Waals surface area contributed by atoms with Crippen molar-refractivity contribution >= 4 is 17.9 Å². The molecule has 2 aliphatic carbocycles. The molecule has 4 nitrogen and oxygen atoms in total. The molecule has 0 spiro atoms. The molecule has 0 saturated heterocycles. The fourth-order valence-electron chi connectivity index (χ4n) is 5.11. The van der Waals surface area contributed by atoms with Crippen LogP contribution in [0.4, 0.5) is 0 Å². The Balaban J connectivity index is 2.39. The largest absolute Gasteiger partial charge is 0.373 e. The molecule has 2 rings (SSSR count). The summed E-state index contributed by atoms with van der Waals surface area (Å²) in [6, 6.07) is 0. The number of amidine groups is 2. The van der Waals surface area contributed by atoms with E-state index in [2.05, 4.69) is 118 Å². The molecule has 0 bridgehead atoms. The first-order chi connectivity index (χ1) is 21.8. The van der Waals surface area contributed by atoms with Crippen molar-refractivity contribution in [3.63, 3.8) is 0 Å². The lowest BCUT2D eigenvalue weighted by Crippen LogP contribution is -2.21. The highest BCUT2D eigenvalue weighted by Crippen LogP contribution is 2.28. The van der Waals surface area contributed by atoms with E-state index in [0.717, 1.165) is 46.9 Å². The monoisotopic (exact) mass is 602 g/mol. The number of hydrogen-bond acceptors (Lipinski definition) is 2. The van der Waals surface area contributed by atoms with Crippen molar-refractivity contribution in [3.8, 4) is 0 Å². The normalized spacial score (nSPS) is 20.2. The number of nitrogens with one attached hydrogen (secondary N) is 1. The van der Waals surface area contributed by atoms with Gasteiger partial charge in [0.15, 0.2) is 0 Å². The van der Waals surface area contributed by atoms with E-state index >= 15 is 0 Å². The number of fused-ring (bicyclic) bond motifs is 1. The van der Waals surface area contributed by atoms with Crippen molar-refractivity contribution in [2.24, 2.45) is 26.8 Å². The van der Waals surface area contributed by atoms with Gasteiger partial charge in [-0.05, 0) is 69.4 Å². The second-order valence-electron chi connectivity index (χ2n) is 11.3. The van der Waals surface area contributed by atoms with Gasteiger partial charge in [-0.25, -0.2) is 4.99 Å². The molecule has 0 amide bonds. The summed E-state index contributed by atoms with van der Waals surface area (Å²) >= 11 is 0. The molecule has 0 aromatic heterocycles. The van der Waals surface area contributed by atoms with Crippen molar-refractivity contribution in [3.05, 3.63) is 143 Å². The van der Waals surface area contributed by atoms with Crippen LogP contribution in [0.1, 0.15) is 67.2 Å². The van der Waals surface area contributed by atoms with E-state index in [-0.39, 0.29) is 0 Å². The van der Waals surface area contributed by atoms with Gasteiger partial charge in [0.1, 0.15) is 11.7 Å². The third-order valence-electron chi connectivity index (χ3n) is 7.72. The maximum Gasteiger partial charge on any atom is 0.130 e. The van der Waals surface area contributed by atoms with Gasteiger partial charge in [-0.2, -0.15) is 0 Å². The minimum absolute atomic E-state index is 0.389. The molecule has 0 fully saturated rings. The van der Waals surface area contributed by atoms with Crippen molar-refractivity contribution in [1.29, 1.82) is 0 Å². The predicted molar refractivity (Wildman–Crippen MR) is 201 cm³/mol. The van der Waals surface area contributed by atoms with Crippen LogP contribution in [0.3, 0.4) is 0 Å². The SMILES string of the molecule is C=C/C=C(CC(=C)/N=C\C=C/C)/C(/C=C\CC(=N/CC1=CC2C=CC=CC2C=C1)/N=C(NC)/C(C)=C/C(C)=C(\C)CCC)=C/C. The van der Waals surface area contributed by atoms with Crippen LogP contribution in [0.15, 0.2) is 158 Å². The van der Waals surface area contributed by atoms with Gasteiger partial charge in [-0.3, -0.25) is 9.98 Å². The van der Waals surface area contributed by atoms with Crippen LogP contribution in [0.2, 0.25) is 0 Å². The van der Waals surface area contributed by atoms with E-state index in [0.29, 0.717) is 31.2 Å². The van der Waals surface area contributed by atoms with Gasteiger partial charge in [0, 0.05) is 43.6 Å². The molecule has 45 heavy (non-hydrogen) atoms. The average Bonchev–Trinajstić information content (AvgIpc) is 3.03. The first-order valence-corrected chi connectivity index (χ1v) is 16.1. The summed E-state index contributed by atoms with van der Waals surface area (Å²) in [5, 5.41) is 3.32. The van der Waals surface area contributed by atoms with Gasteiger partial charge < -0.3 is 5.32 Å². The lowest BCUT2D eigenvalue weighted by molar-refractivity contribution is 0.653. The fourth-order valence-corrected chi connectivity index (χ4v) is 5.11. The first-order valence-electron chi connectivity index (χ1n) is 16.1. The minimum Gasteiger partial charge on any atom is -0.373 e. The molecule has 0 aromatic rings. The summed E-state index contributed by atoms with van der Waals surface area (Å²) in [4.78, 5) is 14.6. The molecule has 238 valence electrons. The Labute approximate surface area is 273 Å². The van der Waals surface area contributed by atoms with E-state index in [1.807, 2.05) is 45.2 Å². The standard InChI is InChI=1S/C41H54N4/c1-10-14-26-43-34(8)28-38(19-12-3)36(13-4)22-17-23-40(44-30-35-24-25-37-20-15-16-21-39(37)29-35)45-41(42-9)33(7)27-32(6)31(5)18-11-2/h10,12-17,19-22,24-27,29,37,39H,3,8,11,18,23,28,30H2,1-2,4-7,9H3,(H,42,44,45)/b14-10-,22-17-,32-31+,33-27+,36-13+,38-19+,43-26-. The summed E-state index contributed by atoms with van der Waals surface area (Å²) in [7, 11) is 1.92. The van der Waals surface area contributed by atoms with Crippen LogP contribution in [0, 0.1) is 11.8 Å². The topological polar surface area (TPSA) is 49.1 Å². The van der Waals surface area contributed by atoms with Crippen molar-refractivity contribution in [2.45, 2.75) is 67.2 Å². The van der Waals surface area contributed by atoms with E-state index in [1.54, 1.807) is 6.21 Å². The number of hydrogen-bond donors (Lipinski definition) is 1. The molecule has 2 unspecified atom stereocenters. The third kappa shape index (κ3) is 13.1. The highest BCUT2D eigenvalue weighted by atomic mass is 15.0. The quantitative estimate of drug-likeness (QED) is 0.113. The average molecular weight is 603 g/mol. The smallest absolute Gasteiger partial charge is 0.130 e. The van der Waals surface area contributed by atoms with Gasteiger partial charge in [0.05, 0.1) is 6.54 Å². The van der Waals surface area contributed by atoms with Crippen LogP contribution in [0.5, 0.6) is 0 Å². The molecular weight excluding hydrogens is 548 g/mol. The molecule has 0 heterocycles. The van der Waals surface area contributed by atoms with Crippen LogP contribution >= 0.6 is 0 Å². The maximum atomic E-state index is 5.06. The Hall–Kier alpha value is -4.31. The molecule has 0 saturated carbocycles. The molecule has 4 heteroatoms. The Morgan fingerprint density at radius 3 is 2.49 bits per heavy atom. The minimum atomic E-state index is 0.389. The number of allylic oxidation sites excluding steroid dienone is 17. The Kier molecular flexibility index (Phi) is 16.9. The molecule has 1 N–H and O–H groups in total. The van der Waals surface area contributed by atoms with Crippen molar-refractivity contribution < 1.29 is 0 Å². The molecule has 0 aliphatic heterocycles. The second kappa shape index (κ2) is 20.6. The molecule has 0 radical (unpaired) electrons. The van der Waals surface area contributed by atoms with Crippen LogP contribution in [-0.2, 0) is 0 Å². The van der Waals surface area contributed by atoms with E-state index < -0.39 is 0 Å². The zero-order valence-corrected chi connectivity index (χ0v) is 28.7. The van der Waals surface area contributed by atoms with Gasteiger partial charge in [-0.15, -0.1) is 0 Å². The Morgan fingerprint density at radius 2 is 1.82 bits per heavy atom.